The van der Waals surface area contributed by atoms with Crippen LogP contribution in [-0.2, 0) is 16.1 Å². The molecule has 138 valence electrons. The van der Waals surface area contributed by atoms with E-state index in [1.165, 1.54) is 24.3 Å². The number of carbonyl (C=O) groups excluding carboxylic acids is 2. The molecule has 3 rings (SSSR count). The van der Waals surface area contributed by atoms with Crippen LogP contribution in [-0.4, -0.2) is 22.4 Å². The highest BCUT2D eigenvalue weighted by Gasteiger charge is 2.31. The Bertz CT molecular complexity index is 821. The van der Waals surface area contributed by atoms with Gasteiger partial charge in [0, 0.05) is 17.8 Å². The number of rotatable bonds is 4. The summed E-state index contributed by atoms with van der Waals surface area (Å²) in [6, 6.07) is 7.50. The zero-order valence-corrected chi connectivity index (χ0v) is 15.4. The summed E-state index contributed by atoms with van der Waals surface area (Å²) >= 11 is 0. The van der Waals surface area contributed by atoms with E-state index < -0.39 is 0 Å². The van der Waals surface area contributed by atoms with Crippen LogP contribution in [0, 0.1) is 12.7 Å². The van der Waals surface area contributed by atoms with Crippen molar-refractivity contribution in [2.24, 2.45) is 0 Å². The molecule has 0 N–H and O–H groups in total. The summed E-state index contributed by atoms with van der Waals surface area (Å²) < 4.78 is 20.6. The quantitative estimate of drug-likeness (QED) is 0.602. The highest BCUT2D eigenvalue weighted by Crippen LogP contribution is 2.33. The van der Waals surface area contributed by atoms with Crippen LogP contribution < -0.4 is 0 Å². The number of aromatic nitrogens is 1. The number of aryl methyl sites for hydroxylation is 1. The normalized spacial score (nSPS) is 16.9. The van der Waals surface area contributed by atoms with Crippen LogP contribution in [0.4, 0.5) is 4.39 Å². The number of esters is 1. The molecule has 1 atom stereocenters. The molecule has 2 heterocycles. The Labute approximate surface area is 153 Å². The van der Waals surface area contributed by atoms with E-state index in [1.807, 2.05) is 31.4 Å². The molecule has 2 aromatic rings. The average Bonchev–Trinajstić information content (AvgIpc) is 2.76. The highest BCUT2D eigenvalue weighted by molar-refractivity contribution is 6.09. The topological polar surface area (TPSA) is 48.3 Å². The van der Waals surface area contributed by atoms with Crippen LogP contribution in [0.1, 0.15) is 66.3 Å². The summed E-state index contributed by atoms with van der Waals surface area (Å²) in [4.78, 5) is 25.6. The summed E-state index contributed by atoms with van der Waals surface area (Å²) in [5.41, 5.74) is 2.70. The second-order valence-corrected chi connectivity index (χ2v) is 7.12. The lowest BCUT2D eigenvalue weighted by Gasteiger charge is -2.18. The van der Waals surface area contributed by atoms with E-state index >= 15 is 0 Å². The maximum atomic E-state index is 13.2. The van der Waals surface area contributed by atoms with Gasteiger partial charge in [0.25, 0.3) is 0 Å². The molecule has 5 heteroatoms. The van der Waals surface area contributed by atoms with Crippen molar-refractivity contribution in [1.29, 1.82) is 0 Å². The Morgan fingerprint density at radius 1 is 1.19 bits per heavy atom. The fourth-order valence-electron chi connectivity index (χ4n) is 3.60. The second-order valence-electron chi connectivity index (χ2n) is 7.12. The van der Waals surface area contributed by atoms with Gasteiger partial charge in [0.2, 0.25) is 5.78 Å². The van der Waals surface area contributed by atoms with Gasteiger partial charge in [-0.05, 0) is 69.5 Å². The maximum Gasteiger partial charge on any atom is 0.315 e. The van der Waals surface area contributed by atoms with Gasteiger partial charge in [-0.1, -0.05) is 6.42 Å². The summed E-state index contributed by atoms with van der Waals surface area (Å²) in [5.74, 6) is -1.11. The Hall–Kier alpha value is -2.43. The summed E-state index contributed by atoms with van der Waals surface area (Å²) in [6.45, 7) is 6.24. The fourth-order valence-corrected chi connectivity index (χ4v) is 3.60. The molecule has 0 spiro atoms. The molecule has 1 unspecified atom stereocenters. The van der Waals surface area contributed by atoms with Gasteiger partial charge in [0.05, 0.1) is 17.7 Å². The molecule has 0 radical (unpaired) electrons. The van der Waals surface area contributed by atoms with Gasteiger partial charge in [-0.25, -0.2) is 4.39 Å². The van der Waals surface area contributed by atoms with E-state index in [0.29, 0.717) is 17.8 Å². The molecule has 0 aliphatic carbocycles. The van der Waals surface area contributed by atoms with Gasteiger partial charge in [-0.2, -0.15) is 0 Å². The number of hydrogen-bond donors (Lipinski definition) is 0. The standard InChI is InChI=1S/C21H24FNO3/c1-13(2)26-21(25)17-6-4-5-11-23-18(17)12-14(3)19(23)20(24)15-7-9-16(22)10-8-15/h7-10,12-13,17H,4-6,11H2,1-3H3. The molecule has 1 aliphatic heterocycles. The van der Waals surface area contributed by atoms with Crippen molar-refractivity contribution in [3.63, 3.8) is 0 Å². The van der Waals surface area contributed by atoms with E-state index in [2.05, 4.69) is 0 Å². The Balaban J connectivity index is 2.01. The largest absolute Gasteiger partial charge is 0.462 e. The van der Waals surface area contributed by atoms with Gasteiger partial charge in [0.1, 0.15) is 5.82 Å². The summed E-state index contributed by atoms with van der Waals surface area (Å²) in [7, 11) is 0. The first-order valence-corrected chi connectivity index (χ1v) is 9.09. The minimum Gasteiger partial charge on any atom is -0.462 e. The first kappa shape index (κ1) is 18.4. The third-order valence-electron chi connectivity index (χ3n) is 4.76. The lowest BCUT2D eigenvalue weighted by atomic mass is 9.99. The molecule has 1 aromatic heterocycles. The van der Waals surface area contributed by atoms with Crippen molar-refractivity contribution >= 4 is 11.8 Å². The maximum absolute atomic E-state index is 13.2. The third kappa shape index (κ3) is 3.57. The van der Waals surface area contributed by atoms with Crippen LogP contribution >= 0.6 is 0 Å². The van der Waals surface area contributed by atoms with Gasteiger partial charge < -0.3 is 9.30 Å². The smallest absolute Gasteiger partial charge is 0.315 e. The lowest BCUT2D eigenvalue weighted by molar-refractivity contribution is -0.149. The van der Waals surface area contributed by atoms with Gasteiger partial charge in [-0.3, -0.25) is 9.59 Å². The van der Waals surface area contributed by atoms with Crippen molar-refractivity contribution in [3.8, 4) is 0 Å². The second kappa shape index (κ2) is 7.44. The highest BCUT2D eigenvalue weighted by atomic mass is 19.1. The minimum atomic E-state index is -0.372. The van der Waals surface area contributed by atoms with Crippen molar-refractivity contribution < 1.29 is 18.7 Å². The first-order chi connectivity index (χ1) is 12.4. The Morgan fingerprint density at radius 3 is 2.54 bits per heavy atom. The van der Waals surface area contributed by atoms with Crippen molar-refractivity contribution in [1.82, 2.24) is 4.57 Å². The summed E-state index contributed by atoms with van der Waals surface area (Å²) in [6.07, 6.45) is 2.36. The molecule has 0 fully saturated rings. The molecule has 4 nitrogen and oxygen atoms in total. The van der Waals surface area contributed by atoms with Gasteiger partial charge in [-0.15, -0.1) is 0 Å². The zero-order valence-electron chi connectivity index (χ0n) is 15.4. The van der Waals surface area contributed by atoms with E-state index in [9.17, 15) is 14.0 Å². The van der Waals surface area contributed by atoms with Crippen LogP contribution in [0.25, 0.3) is 0 Å². The van der Waals surface area contributed by atoms with Gasteiger partial charge in [0.15, 0.2) is 0 Å². The number of ether oxygens (including phenoxy) is 1. The van der Waals surface area contributed by atoms with Crippen LogP contribution in [0.15, 0.2) is 30.3 Å². The molecular formula is C21H24FNO3. The van der Waals surface area contributed by atoms with Crippen molar-refractivity contribution in [3.05, 3.63) is 58.7 Å². The third-order valence-corrected chi connectivity index (χ3v) is 4.76. The number of benzene rings is 1. The fraction of sp³-hybridized carbons (Fsp3) is 0.429. The minimum absolute atomic E-state index is 0.147. The monoisotopic (exact) mass is 357 g/mol. The molecule has 0 saturated heterocycles. The van der Waals surface area contributed by atoms with E-state index in [4.69, 9.17) is 4.74 Å². The number of nitrogens with zero attached hydrogens (tertiary/aromatic N) is 1. The Morgan fingerprint density at radius 2 is 1.88 bits per heavy atom. The van der Waals surface area contributed by atoms with Crippen LogP contribution in [0.3, 0.4) is 0 Å². The van der Waals surface area contributed by atoms with E-state index in [1.54, 1.807) is 0 Å². The van der Waals surface area contributed by atoms with Gasteiger partial charge >= 0.3 is 5.97 Å². The molecule has 0 bridgehead atoms. The molecular weight excluding hydrogens is 333 g/mol. The van der Waals surface area contributed by atoms with E-state index in [0.717, 1.165) is 30.5 Å². The summed E-state index contributed by atoms with van der Waals surface area (Å²) in [5, 5.41) is 0. The molecule has 26 heavy (non-hydrogen) atoms. The SMILES string of the molecule is Cc1cc2n(c1C(=O)c1ccc(F)cc1)CCCCC2C(=O)OC(C)C. The number of halogens is 1. The molecule has 0 saturated carbocycles. The van der Waals surface area contributed by atoms with Crippen molar-refractivity contribution in [2.45, 2.75) is 58.6 Å². The molecule has 1 aromatic carbocycles. The molecule has 0 amide bonds. The molecule has 1 aliphatic rings. The predicted molar refractivity (Wildman–Crippen MR) is 96.8 cm³/mol. The average molecular weight is 357 g/mol. The van der Waals surface area contributed by atoms with Crippen molar-refractivity contribution in [2.75, 3.05) is 0 Å². The predicted octanol–water partition coefficient (Wildman–Crippen LogP) is 4.39. The van der Waals surface area contributed by atoms with Crippen LogP contribution in [0.2, 0.25) is 0 Å². The number of carbonyl (C=O) groups is 2. The number of ketones is 1. The number of hydrogen-bond acceptors (Lipinski definition) is 3. The van der Waals surface area contributed by atoms with E-state index in [-0.39, 0.29) is 29.6 Å². The number of fused-ring (bicyclic) bond motifs is 1. The van der Waals surface area contributed by atoms with Crippen LogP contribution in [0.5, 0.6) is 0 Å². The Kier molecular flexibility index (Phi) is 5.25. The zero-order chi connectivity index (χ0) is 18.8. The first-order valence-electron chi connectivity index (χ1n) is 9.09. The lowest BCUT2D eigenvalue weighted by Crippen LogP contribution is -2.22.